The molecule has 1 N–H and O–H groups in total. The third-order valence-electron chi connectivity index (χ3n) is 6.07. The Kier molecular flexibility index (Phi) is 7.23. The minimum atomic E-state index is -3.49. The van der Waals surface area contributed by atoms with Crippen LogP contribution in [0.15, 0.2) is 39.1 Å². The topological polar surface area (TPSA) is 107 Å². The average Bonchev–Trinajstić information content (AvgIpc) is 3.50. The Morgan fingerprint density at radius 1 is 1.28 bits per heavy atom. The molecule has 4 rings (SSSR count). The normalized spacial score (nSPS) is 20.5. The predicted octanol–water partition coefficient (Wildman–Crippen LogP) is 2.92. The Labute approximate surface area is 196 Å². The Balaban J connectivity index is 1.35. The molecule has 4 heterocycles. The number of rotatable bonds is 7. The van der Waals surface area contributed by atoms with Crippen molar-refractivity contribution in [1.29, 1.82) is 0 Å². The molecule has 2 aromatic heterocycles. The zero-order valence-electron chi connectivity index (χ0n) is 17.8. The molecule has 2 aliphatic heterocycles. The third kappa shape index (κ3) is 5.03. The molecule has 174 valence electrons. The fourth-order valence-corrected chi connectivity index (χ4v) is 7.40. The number of thiophene rings is 1. The maximum atomic E-state index is 12.8. The molecule has 0 spiro atoms. The zero-order chi connectivity index (χ0) is 22.7. The van der Waals surface area contributed by atoms with Crippen LogP contribution in [-0.2, 0) is 10.0 Å². The number of anilines is 1. The van der Waals surface area contributed by atoms with E-state index in [1.54, 1.807) is 23.7 Å². The quantitative estimate of drug-likeness (QED) is 0.460. The van der Waals surface area contributed by atoms with Crippen molar-refractivity contribution in [3.05, 3.63) is 29.8 Å². The van der Waals surface area contributed by atoms with Crippen LogP contribution in [0, 0.1) is 5.92 Å². The van der Waals surface area contributed by atoms with Gasteiger partial charge < -0.3 is 14.9 Å². The average molecular weight is 498 g/mol. The van der Waals surface area contributed by atoms with E-state index < -0.39 is 16.1 Å². The zero-order valence-corrected chi connectivity index (χ0v) is 20.3. The predicted molar refractivity (Wildman–Crippen MR) is 125 cm³/mol. The van der Waals surface area contributed by atoms with Crippen molar-refractivity contribution in [2.45, 2.75) is 34.7 Å². The number of amides is 1. The first kappa shape index (κ1) is 23.3. The third-order valence-corrected chi connectivity index (χ3v) is 9.87. The van der Waals surface area contributed by atoms with Gasteiger partial charge in [-0.25, -0.2) is 23.2 Å². The molecule has 1 atom stereocenters. The highest BCUT2D eigenvalue weighted by molar-refractivity contribution is 7.98. The molecular weight excluding hydrogens is 470 g/mol. The van der Waals surface area contributed by atoms with Crippen LogP contribution in [-0.4, -0.2) is 83.8 Å². The molecule has 2 fully saturated rings. The largest absolute Gasteiger partial charge is 0.465 e. The Morgan fingerprint density at radius 2 is 2.06 bits per heavy atom. The molecular formula is C20H27N5O4S3. The SMILES string of the molecule is CSc1nccc(N2CCC(N(C[C@@H]3CCN(S(=O)(=O)c4cccs4)C3)C(=O)O)CC2)n1. The molecule has 0 bridgehead atoms. The summed E-state index contributed by atoms with van der Waals surface area (Å²) in [5, 5.41) is 12.3. The maximum Gasteiger partial charge on any atom is 0.407 e. The van der Waals surface area contributed by atoms with Gasteiger partial charge in [0.1, 0.15) is 10.0 Å². The lowest BCUT2D eigenvalue weighted by atomic mass is 10.0. The van der Waals surface area contributed by atoms with Gasteiger partial charge in [0.05, 0.1) is 0 Å². The first-order chi connectivity index (χ1) is 15.4. The van der Waals surface area contributed by atoms with Gasteiger partial charge in [-0.05, 0) is 48.9 Å². The van der Waals surface area contributed by atoms with Crippen LogP contribution in [0.25, 0.3) is 0 Å². The fourth-order valence-electron chi connectivity index (χ4n) is 4.38. The van der Waals surface area contributed by atoms with Crippen LogP contribution in [0.2, 0.25) is 0 Å². The summed E-state index contributed by atoms with van der Waals surface area (Å²) < 4.78 is 27.4. The summed E-state index contributed by atoms with van der Waals surface area (Å²) in [7, 11) is -3.49. The molecule has 2 saturated heterocycles. The summed E-state index contributed by atoms with van der Waals surface area (Å²) in [4.78, 5) is 24.5. The molecule has 32 heavy (non-hydrogen) atoms. The van der Waals surface area contributed by atoms with Crippen LogP contribution in [0.5, 0.6) is 0 Å². The van der Waals surface area contributed by atoms with E-state index in [1.807, 2.05) is 12.3 Å². The summed E-state index contributed by atoms with van der Waals surface area (Å²) in [6.07, 6.45) is 4.86. The molecule has 12 heteroatoms. The second-order valence-corrected chi connectivity index (χ2v) is 11.9. The number of hydrogen-bond acceptors (Lipinski definition) is 8. The van der Waals surface area contributed by atoms with E-state index >= 15 is 0 Å². The first-order valence-electron chi connectivity index (χ1n) is 10.5. The van der Waals surface area contributed by atoms with Crippen LogP contribution >= 0.6 is 23.1 Å². The summed E-state index contributed by atoms with van der Waals surface area (Å²) in [6, 6.07) is 5.15. The van der Waals surface area contributed by atoms with Crippen molar-refractivity contribution in [2.24, 2.45) is 5.92 Å². The van der Waals surface area contributed by atoms with E-state index in [0.29, 0.717) is 30.3 Å². The molecule has 0 unspecified atom stereocenters. The molecule has 1 amide bonds. The summed E-state index contributed by atoms with van der Waals surface area (Å²) in [5.41, 5.74) is 0. The van der Waals surface area contributed by atoms with Crippen molar-refractivity contribution in [2.75, 3.05) is 43.9 Å². The molecule has 0 saturated carbocycles. The van der Waals surface area contributed by atoms with Gasteiger partial charge >= 0.3 is 6.09 Å². The highest BCUT2D eigenvalue weighted by atomic mass is 32.2. The highest BCUT2D eigenvalue weighted by Crippen LogP contribution is 2.29. The highest BCUT2D eigenvalue weighted by Gasteiger charge is 2.36. The van der Waals surface area contributed by atoms with E-state index in [2.05, 4.69) is 14.9 Å². The lowest BCUT2D eigenvalue weighted by molar-refractivity contribution is 0.106. The van der Waals surface area contributed by atoms with Gasteiger partial charge in [-0.1, -0.05) is 17.8 Å². The number of carboxylic acid groups (broad SMARTS) is 1. The molecule has 2 aromatic rings. The van der Waals surface area contributed by atoms with E-state index in [4.69, 9.17) is 0 Å². The van der Waals surface area contributed by atoms with Gasteiger partial charge in [-0.15, -0.1) is 11.3 Å². The summed E-state index contributed by atoms with van der Waals surface area (Å²) >= 11 is 2.70. The Morgan fingerprint density at radius 3 is 2.72 bits per heavy atom. The molecule has 0 aromatic carbocycles. The van der Waals surface area contributed by atoms with Crippen molar-refractivity contribution < 1.29 is 18.3 Å². The standard InChI is InChI=1S/C20H27N5O4S3/c1-30-19-21-8-4-17(22-19)23-9-6-16(7-10-23)25(20(26)27)14-15-5-11-24(13-15)32(28,29)18-3-2-12-31-18/h2-4,8,12,15-16H,5-7,9-11,13-14H2,1H3,(H,26,27)/t15-/m1/s1. The molecule has 2 aliphatic rings. The van der Waals surface area contributed by atoms with Gasteiger partial charge in [-0.3, -0.25) is 0 Å². The monoisotopic (exact) mass is 497 g/mol. The number of piperidine rings is 1. The Hall–Kier alpha value is -1.89. The van der Waals surface area contributed by atoms with Gasteiger partial charge in [0.15, 0.2) is 5.16 Å². The fraction of sp³-hybridized carbons (Fsp3) is 0.550. The van der Waals surface area contributed by atoms with Gasteiger partial charge in [0.25, 0.3) is 10.0 Å². The van der Waals surface area contributed by atoms with Gasteiger partial charge in [-0.2, -0.15) is 4.31 Å². The number of hydrogen-bond donors (Lipinski definition) is 1. The van der Waals surface area contributed by atoms with Crippen molar-refractivity contribution >= 4 is 45.0 Å². The maximum absolute atomic E-state index is 12.8. The van der Waals surface area contributed by atoms with Crippen molar-refractivity contribution in [1.82, 2.24) is 19.2 Å². The number of aromatic nitrogens is 2. The summed E-state index contributed by atoms with van der Waals surface area (Å²) in [6.45, 7) is 2.61. The van der Waals surface area contributed by atoms with Gasteiger partial charge in [0.2, 0.25) is 0 Å². The second kappa shape index (κ2) is 9.94. The number of carbonyl (C=O) groups is 1. The van der Waals surface area contributed by atoms with Crippen molar-refractivity contribution in [3.8, 4) is 0 Å². The molecule has 9 nitrogen and oxygen atoms in total. The van der Waals surface area contributed by atoms with E-state index in [-0.39, 0.29) is 12.0 Å². The van der Waals surface area contributed by atoms with Crippen LogP contribution in [0.1, 0.15) is 19.3 Å². The van der Waals surface area contributed by atoms with Crippen molar-refractivity contribution in [3.63, 3.8) is 0 Å². The van der Waals surface area contributed by atoms with Crippen LogP contribution < -0.4 is 4.90 Å². The minimum Gasteiger partial charge on any atom is -0.465 e. The first-order valence-corrected chi connectivity index (χ1v) is 14.1. The van der Waals surface area contributed by atoms with Gasteiger partial charge in [0, 0.05) is 45.0 Å². The number of nitrogens with zero attached hydrogens (tertiary/aromatic N) is 5. The summed E-state index contributed by atoms with van der Waals surface area (Å²) in [5.74, 6) is 0.875. The smallest absolute Gasteiger partial charge is 0.407 e. The van der Waals surface area contributed by atoms with E-state index in [1.165, 1.54) is 32.3 Å². The Bertz CT molecular complexity index is 1030. The lowest BCUT2D eigenvalue weighted by Crippen LogP contribution is -2.49. The number of thioether (sulfide) groups is 1. The lowest BCUT2D eigenvalue weighted by Gasteiger charge is -2.38. The van der Waals surface area contributed by atoms with Crippen LogP contribution in [0.4, 0.5) is 10.6 Å². The second-order valence-electron chi connectivity index (χ2n) is 8.00. The van der Waals surface area contributed by atoms with E-state index in [0.717, 1.165) is 36.9 Å². The molecule has 0 radical (unpaired) electrons. The van der Waals surface area contributed by atoms with Crippen LogP contribution in [0.3, 0.4) is 0 Å². The minimum absolute atomic E-state index is 0.00451. The molecule has 0 aliphatic carbocycles. The number of sulfonamides is 1. The van der Waals surface area contributed by atoms with E-state index in [9.17, 15) is 18.3 Å².